The average Bonchev–Trinajstić information content (AvgIpc) is 3.27. The molecule has 0 aromatic heterocycles. The van der Waals surface area contributed by atoms with Gasteiger partial charge in [0.05, 0.1) is 0 Å². The minimum absolute atomic E-state index is 0.166. The second-order valence-corrected chi connectivity index (χ2v) is 5.55. The summed E-state index contributed by atoms with van der Waals surface area (Å²) in [6.07, 6.45) is 5.35. The van der Waals surface area contributed by atoms with Gasteiger partial charge < -0.3 is 10.1 Å². The lowest BCUT2D eigenvalue weighted by molar-refractivity contribution is -0.144. The molecule has 0 radical (unpaired) electrons. The first-order valence-corrected chi connectivity index (χ1v) is 7.25. The van der Waals surface area contributed by atoms with Gasteiger partial charge in [0.1, 0.15) is 0 Å². The molecule has 1 N–H and O–H groups in total. The molecule has 1 aliphatic carbocycles. The maximum atomic E-state index is 11.6. The van der Waals surface area contributed by atoms with Crippen LogP contribution in [0.5, 0.6) is 0 Å². The van der Waals surface area contributed by atoms with Gasteiger partial charge in [0.2, 0.25) is 0 Å². The molecule has 1 aromatic rings. The van der Waals surface area contributed by atoms with Crippen molar-refractivity contribution >= 4 is 18.0 Å². The number of nitrogens with one attached hydrogen (secondary N) is 1. The van der Waals surface area contributed by atoms with Crippen molar-refractivity contribution in [3.8, 4) is 0 Å². The van der Waals surface area contributed by atoms with Crippen molar-refractivity contribution in [2.75, 3.05) is 6.61 Å². The van der Waals surface area contributed by atoms with Gasteiger partial charge >= 0.3 is 5.97 Å². The highest BCUT2D eigenvalue weighted by atomic mass is 16.5. The molecule has 4 nitrogen and oxygen atoms in total. The molecule has 0 saturated heterocycles. The minimum atomic E-state index is -0.509. The lowest BCUT2D eigenvalue weighted by Crippen LogP contribution is -2.36. The quantitative estimate of drug-likeness (QED) is 0.646. The molecule has 0 unspecified atom stereocenters. The summed E-state index contributed by atoms with van der Waals surface area (Å²) in [5, 5.41) is 2.84. The predicted molar refractivity (Wildman–Crippen MR) is 81.5 cm³/mol. The Morgan fingerprint density at radius 2 is 2.19 bits per heavy atom. The van der Waals surface area contributed by atoms with Gasteiger partial charge in [-0.05, 0) is 44.2 Å². The van der Waals surface area contributed by atoms with Crippen LogP contribution in [-0.4, -0.2) is 24.5 Å². The topological polar surface area (TPSA) is 55.4 Å². The number of hydrogen-bond donors (Lipinski definition) is 1. The van der Waals surface area contributed by atoms with Gasteiger partial charge in [-0.15, -0.1) is 0 Å². The number of ether oxygens (including phenoxy) is 1. The summed E-state index contributed by atoms with van der Waals surface area (Å²) in [6.45, 7) is 3.74. The Morgan fingerprint density at radius 3 is 2.86 bits per heavy atom. The van der Waals surface area contributed by atoms with Gasteiger partial charge in [-0.2, -0.15) is 0 Å². The molecule has 4 heteroatoms. The summed E-state index contributed by atoms with van der Waals surface area (Å²) in [5.74, 6) is -0.164. The first-order chi connectivity index (χ1) is 10.0. The number of hydrogen-bond acceptors (Lipinski definition) is 3. The zero-order valence-electron chi connectivity index (χ0n) is 12.5. The molecular formula is C17H21NO3. The van der Waals surface area contributed by atoms with E-state index >= 15 is 0 Å². The Balaban J connectivity index is 1.72. The van der Waals surface area contributed by atoms with Crippen LogP contribution in [0.2, 0.25) is 0 Å². The van der Waals surface area contributed by atoms with Gasteiger partial charge in [-0.3, -0.25) is 4.79 Å². The summed E-state index contributed by atoms with van der Waals surface area (Å²) in [4.78, 5) is 23.1. The van der Waals surface area contributed by atoms with Crippen LogP contribution >= 0.6 is 0 Å². The van der Waals surface area contributed by atoms with Crippen molar-refractivity contribution in [2.24, 2.45) is 5.92 Å². The third-order valence-corrected chi connectivity index (χ3v) is 3.52. The largest absolute Gasteiger partial charge is 0.452 e. The third kappa shape index (κ3) is 5.42. The molecule has 0 heterocycles. The van der Waals surface area contributed by atoms with E-state index in [2.05, 4.69) is 5.32 Å². The molecule has 112 valence electrons. The summed E-state index contributed by atoms with van der Waals surface area (Å²) in [5.41, 5.74) is 2.05. The molecule has 1 aromatic carbocycles. The van der Waals surface area contributed by atoms with E-state index in [1.807, 2.05) is 38.1 Å². The van der Waals surface area contributed by atoms with Crippen molar-refractivity contribution < 1.29 is 14.3 Å². The summed E-state index contributed by atoms with van der Waals surface area (Å²) < 4.78 is 4.92. The maximum Gasteiger partial charge on any atom is 0.331 e. The smallest absolute Gasteiger partial charge is 0.331 e. The fraction of sp³-hybridized carbons (Fsp3) is 0.412. The molecule has 1 aliphatic rings. The SMILES string of the molecule is Cc1cccc(/C=C/C(=O)OCC(=O)N[C@H](C)C2CC2)c1. The second-order valence-electron chi connectivity index (χ2n) is 5.55. The third-order valence-electron chi connectivity index (χ3n) is 3.52. The molecule has 1 atom stereocenters. The fourth-order valence-corrected chi connectivity index (χ4v) is 2.13. The zero-order valence-corrected chi connectivity index (χ0v) is 12.5. The van der Waals surface area contributed by atoms with E-state index in [1.165, 1.54) is 18.9 Å². The Kier molecular flexibility index (Phi) is 5.14. The molecule has 1 amide bonds. The molecule has 1 saturated carbocycles. The van der Waals surface area contributed by atoms with E-state index in [0.29, 0.717) is 5.92 Å². The van der Waals surface area contributed by atoms with Gasteiger partial charge in [0.25, 0.3) is 5.91 Å². The number of amides is 1. The van der Waals surface area contributed by atoms with Crippen molar-refractivity contribution in [1.82, 2.24) is 5.32 Å². The van der Waals surface area contributed by atoms with Crippen LogP contribution in [-0.2, 0) is 14.3 Å². The fourth-order valence-electron chi connectivity index (χ4n) is 2.13. The monoisotopic (exact) mass is 287 g/mol. The Hall–Kier alpha value is -2.10. The van der Waals surface area contributed by atoms with Crippen LogP contribution < -0.4 is 5.32 Å². The van der Waals surface area contributed by atoms with Crippen molar-refractivity contribution in [1.29, 1.82) is 0 Å². The highest BCUT2D eigenvalue weighted by Crippen LogP contribution is 2.32. The highest BCUT2D eigenvalue weighted by molar-refractivity contribution is 5.89. The Morgan fingerprint density at radius 1 is 1.43 bits per heavy atom. The summed E-state index contributed by atoms with van der Waals surface area (Å²) in [7, 11) is 0. The predicted octanol–water partition coefficient (Wildman–Crippen LogP) is 2.47. The van der Waals surface area contributed by atoms with E-state index in [1.54, 1.807) is 6.08 Å². The van der Waals surface area contributed by atoms with Crippen LogP contribution in [0, 0.1) is 12.8 Å². The maximum absolute atomic E-state index is 11.6. The molecule has 0 spiro atoms. The molecule has 21 heavy (non-hydrogen) atoms. The number of esters is 1. The molecule has 0 bridgehead atoms. The van der Waals surface area contributed by atoms with Gasteiger partial charge in [0.15, 0.2) is 6.61 Å². The van der Waals surface area contributed by atoms with Crippen LogP contribution in [0.1, 0.15) is 30.9 Å². The van der Waals surface area contributed by atoms with E-state index < -0.39 is 5.97 Å². The Labute approximate surface area is 125 Å². The Bertz CT molecular complexity index is 547. The standard InChI is InChI=1S/C17H21NO3/c1-12-4-3-5-14(10-12)6-9-17(20)21-11-16(19)18-13(2)15-7-8-15/h3-6,9-10,13,15H,7-8,11H2,1-2H3,(H,18,19)/b9-6+/t13-/m1/s1. The molecule has 0 aliphatic heterocycles. The number of carbonyl (C=O) groups excluding carboxylic acids is 2. The first kappa shape index (κ1) is 15.3. The lowest BCUT2D eigenvalue weighted by Gasteiger charge is -2.12. The lowest BCUT2D eigenvalue weighted by atomic mass is 10.1. The number of aryl methyl sites for hydroxylation is 1. The van der Waals surface area contributed by atoms with Crippen molar-refractivity contribution in [3.05, 3.63) is 41.5 Å². The van der Waals surface area contributed by atoms with E-state index in [-0.39, 0.29) is 18.6 Å². The molecular weight excluding hydrogens is 266 g/mol. The van der Waals surface area contributed by atoms with Gasteiger partial charge in [-0.25, -0.2) is 4.79 Å². The van der Waals surface area contributed by atoms with Crippen LogP contribution in [0.15, 0.2) is 30.3 Å². The normalized spacial score (nSPS) is 15.7. The van der Waals surface area contributed by atoms with E-state index in [9.17, 15) is 9.59 Å². The minimum Gasteiger partial charge on any atom is -0.452 e. The number of benzene rings is 1. The average molecular weight is 287 g/mol. The van der Waals surface area contributed by atoms with E-state index in [0.717, 1.165) is 11.1 Å². The second kappa shape index (κ2) is 7.07. The zero-order chi connectivity index (χ0) is 15.2. The molecule has 1 fully saturated rings. The highest BCUT2D eigenvalue weighted by Gasteiger charge is 2.28. The first-order valence-electron chi connectivity index (χ1n) is 7.25. The van der Waals surface area contributed by atoms with Gasteiger partial charge in [-0.1, -0.05) is 29.8 Å². The van der Waals surface area contributed by atoms with Gasteiger partial charge in [0, 0.05) is 12.1 Å². The summed E-state index contributed by atoms with van der Waals surface area (Å²) >= 11 is 0. The van der Waals surface area contributed by atoms with Crippen LogP contribution in [0.4, 0.5) is 0 Å². The van der Waals surface area contributed by atoms with Crippen LogP contribution in [0.25, 0.3) is 6.08 Å². The summed E-state index contributed by atoms with van der Waals surface area (Å²) in [6, 6.07) is 7.95. The number of rotatable bonds is 6. The van der Waals surface area contributed by atoms with E-state index in [4.69, 9.17) is 4.74 Å². The van der Waals surface area contributed by atoms with Crippen molar-refractivity contribution in [3.63, 3.8) is 0 Å². The van der Waals surface area contributed by atoms with Crippen LogP contribution in [0.3, 0.4) is 0 Å². The molecule has 2 rings (SSSR count). The number of carbonyl (C=O) groups is 2. The van der Waals surface area contributed by atoms with Crippen molar-refractivity contribution in [2.45, 2.75) is 32.7 Å².